The second-order valence-corrected chi connectivity index (χ2v) is 4.56. The summed E-state index contributed by atoms with van der Waals surface area (Å²) in [5, 5.41) is 17.7. The number of alkyl halides is 2. The molecular formula is C13H9BrF2N2. The number of allylic oxidation sites excluding steroid dienone is 2. The van der Waals surface area contributed by atoms with Crippen LogP contribution in [-0.2, 0) is 0 Å². The maximum absolute atomic E-state index is 12.8. The van der Waals surface area contributed by atoms with Crippen LogP contribution in [0.15, 0.2) is 34.3 Å². The highest BCUT2D eigenvalue weighted by molar-refractivity contribution is 9.10. The van der Waals surface area contributed by atoms with Gasteiger partial charge in [0.2, 0.25) is 6.43 Å². The Morgan fingerprint density at radius 2 is 1.67 bits per heavy atom. The molecule has 0 aliphatic heterocycles. The Bertz CT molecular complexity index is 520. The van der Waals surface area contributed by atoms with Crippen molar-refractivity contribution in [2.75, 3.05) is 0 Å². The van der Waals surface area contributed by atoms with Crippen molar-refractivity contribution < 1.29 is 8.78 Å². The summed E-state index contributed by atoms with van der Waals surface area (Å²) in [6.45, 7) is 1.30. The van der Waals surface area contributed by atoms with Gasteiger partial charge in [0.25, 0.3) is 0 Å². The fraction of sp³-hybridized carbons (Fsp3) is 0.231. The Labute approximate surface area is 112 Å². The zero-order chi connectivity index (χ0) is 13.7. The third kappa shape index (κ3) is 3.15. The predicted octanol–water partition coefficient (Wildman–Crippen LogP) is 4.15. The van der Waals surface area contributed by atoms with Crippen molar-refractivity contribution in [1.29, 1.82) is 10.5 Å². The summed E-state index contributed by atoms with van der Waals surface area (Å²) in [6.07, 6.45) is -2.62. The van der Waals surface area contributed by atoms with E-state index in [-0.39, 0.29) is 11.1 Å². The number of hydrogen-bond donors (Lipinski definition) is 0. The normalized spacial score (nSPS) is 11.5. The Hall–Kier alpha value is -1.72. The first-order chi connectivity index (χ1) is 8.51. The van der Waals surface area contributed by atoms with Crippen LogP contribution in [0, 0.1) is 28.6 Å². The van der Waals surface area contributed by atoms with Gasteiger partial charge in [-0.05, 0) is 23.3 Å². The highest BCUT2D eigenvalue weighted by atomic mass is 79.9. The van der Waals surface area contributed by atoms with Gasteiger partial charge in [-0.3, -0.25) is 0 Å². The average molecular weight is 311 g/mol. The van der Waals surface area contributed by atoms with Crippen LogP contribution in [0.2, 0.25) is 0 Å². The van der Waals surface area contributed by atoms with Crippen LogP contribution in [0.4, 0.5) is 8.78 Å². The maximum Gasteiger partial charge on any atom is 0.245 e. The summed E-state index contributed by atoms with van der Waals surface area (Å²) in [5.74, 6) is -1.17. The quantitative estimate of drug-likeness (QED) is 0.787. The molecule has 1 unspecified atom stereocenters. The van der Waals surface area contributed by atoms with Gasteiger partial charge in [0.05, 0.1) is 0 Å². The Morgan fingerprint density at radius 3 is 2.06 bits per heavy atom. The van der Waals surface area contributed by atoms with Gasteiger partial charge in [-0.1, -0.05) is 35.0 Å². The third-order valence-corrected chi connectivity index (χ3v) is 3.01. The first-order valence-electron chi connectivity index (χ1n) is 5.09. The van der Waals surface area contributed by atoms with Gasteiger partial charge in [0, 0.05) is 10.4 Å². The van der Waals surface area contributed by atoms with Crippen LogP contribution in [0.25, 0.3) is 5.57 Å². The Morgan fingerprint density at radius 1 is 1.17 bits per heavy atom. The minimum atomic E-state index is -2.62. The number of nitriles is 2. The molecule has 0 radical (unpaired) electrons. The molecule has 1 aromatic carbocycles. The number of benzene rings is 1. The van der Waals surface area contributed by atoms with Crippen LogP contribution in [0.3, 0.4) is 0 Å². The predicted molar refractivity (Wildman–Crippen MR) is 67.5 cm³/mol. The SMILES string of the molecule is CC(C(=C(C#N)C#N)c1ccc(Br)cc1)C(F)F. The van der Waals surface area contributed by atoms with Crippen molar-refractivity contribution in [2.45, 2.75) is 13.3 Å². The molecule has 0 aliphatic rings. The molecule has 0 amide bonds. The lowest BCUT2D eigenvalue weighted by molar-refractivity contribution is 0.112. The standard InChI is InChI=1S/C13H9BrF2N2/c1-8(13(15)16)12(10(6-17)7-18)9-2-4-11(14)5-3-9/h2-5,8,13H,1H3. The molecule has 0 bridgehead atoms. The van der Waals surface area contributed by atoms with Gasteiger partial charge in [0.15, 0.2) is 0 Å². The number of nitrogens with zero attached hydrogens (tertiary/aromatic N) is 2. The molecule has 0 spiro atoms. The lowest BCUT2D eigenvalue weighted by atomic mass is 9.90. The smallest absolute Gasteiger partial charge is 0.210 e. The molecule has 0 aliphatic carbocycles. The highest BCUT2D eigenvalue weighted by Gasteiger charge is 2.24. The molecule has 0 heterocycles. The summed E-state index contributed by atoms with van der Waals surface area (Å²) in [7, 11) is 0. The summed E-state index contributed by atoms with van der Waals surface area (Å²) in [5.41, 5.74) is 0.275. The molecule has 0 saturated heterocycles. The van der Waals surface area contributed by atoms with E-state index in [0.717, 1.165) is 4.47 Å². The molecule has 1 atom stereocenters. The van der Waals surface area contributed by atoms with E-state index >= 15 is 0 Å². The minimum absolute atomic E-state index is 0.0856. The van der Waals surface area contributed by atoms with Gasteiger partial charge in [0.1, 0.15) is 17.7 Å². The molecule has 1 aromatic rings. The van der Waals surface area contributed by atoms with E-state index < -0.39 is 12.3 Å². The number of halogens is 3. The topological polar surface area (TPSA) is 47.6 Å². The molecular weight excluding hydrogens is 302 g/mol. The van der Waals surface area contributed by atoms with Gasteiger partial charge in [-0.2, -0.15) is 10.5 Å². The van der Waals surface area contributed by atoms with Crippen molar-refractivity contribution in [1.82, 2.24) is 0 Å². The second-order valence-electron chi connectivity index (χ2n) is 3.64. The molecule has 0 N–H and O–H groups in total. The average Bonchev–Trinajstić information content (AvgIpc) is 2.36. The van der Waals surface area contributed by atoms with Crippen LogP contribution < -0.4 is 0 Å². The van der Waals surface area contributed by atoms with E-state index in [0.29, 0.717) is 5.56 Å². The van der Waals surface area contributed by atoms with E-state index in [1.807, 2.05) is 0 Å². The molecule has 92 valence electrons. The molecule has 2 nitrogen and oxygen atoms in total. The van der Waals surface area contributed by atoms with Crippen molar-refractivity contribution in [2.24, 2.45) is 5.92 Å². The molecule has 5 heteroatoms. The van der Waals surface area contributed by atoms with Gasteiger partial charge in [-0.25, -0.2) is 8.78 Å². The van der Waals surface area contributed by atoms with Crippen molar-refractivity contribution in [3.63, 3.8) is 0 Å². The van der Waals surface area contributed by atoms with Crippen LogP contribution in [-0.4, -0.2) is 6.43 Å². The van der Waals surface area contributed by atoms with Crippen molar-refractivity contribution in [3.8, 4) is 12.1 Å². The zero-order valence-corrected chi connectivity index (χ0v) is 11.1. The van der Waals surface area contributed by atoms with E-state index in [2.05, 4.69) is 15.9 Å². The zero-order valence-electron chi connectivity index (χ0n) is 9.49. The van der Waals surface area contributed by atoms with Gasteiger partial charge < -0.3 is 0 Å². The third-order valence-electron chi connectivity index (χ3n) is 2.48. The largest absolute Gasteiger partial charge is 0.245 e. The fourth-order valence-electron chi connectivity index (χ4n) is 1.54. The summed E-state index contributed by atoms with van der Waals surface area (Å²) in [6, 6.07) is 9.92. The monoisotopic (exact) mass is 310 g/mol. The molecule has 0 aromatic heterocycles. The molecule has 0 saturated carbocycles. The molecule has 1 rings (SSSR count). The summed E-state index contributed by atoms with van der Waals surface area (Å²) >= 11 is 3.24. The second kappa shape index (κ2) is 6.28. The fourth-order valence-corrected chi connectivity index (χ4v) is 1.80. The van der Waals surface area contributed by atoms with E-state index in [1.165, 1.54) is 6.92 Å². The van der Waals surface area contributed by atoms with Gasteiger partial charge >= 0.3 is 0 Å². The van der Waals surface area contributed by atoms with Crippen LogP contribution in [0.1, 0.15) is 12.5 Å². The first-order valence-corrected chi connectivity index (χ1v) is 5.89. The van der Waals surface area contributed by atoms with E-state index in [4.69, 9.17) is 10.5 Å². The minimum Gasteiger partial charge on any atom is -0.210 e. The summed E-state index contributed by atoms with van der Waals surface area (Å²) in [4.78, 5) is 0. The molecule has 18 heavy (non-hydrogen) atoms. The van der Waals surface area contributed by atoms with Gasteiger partial charge in [-0.15, -0.1) is 0 Å². The summed E-state index contributed by atoms with van der Waals surface area (Å²) < 4.78 is 26.4. The lowest BCUT2D eigenvalue weighted by Crippen LogP contribution is -2.11. The van der Waals surface area contributed by atoms with Crippen molar-refractivity contribution >= 4 is 21.5 Å². The first kappa shape index (κ1) is 14.3. The molecule has 0 fully saturated rings. The highest BCUT2D eigenvalue weighted by Crippen LogP contribution is 2.31. The van der Waals surface area contributed by atoms with E-state index in [9.17, 15) is 8.78 Å². The van der Waals surface area contributed by atoms with E-state index in [1.54, 1.807) is 36.4 Å². The maximum atomic E-state index is 12.8. The Kier molecular flexibility index (Phi) is 5.00. The van der Waals surface area contributed by atoms with Crippen LogP contribution >= 0.6 is 15.9 Å². The van der Waals surface area contributed by atoms with Crippen molar-refractivity contribution in [3.05, 3.63) is 39.9 Å². The number of rotatable bonds is 3. The van der Waals surface area contributed by atoms with Crippen LogP contribution in [0.5, 0.6) is 0 Å². The Balaban J connectivity index is 3.41. The lowest BCUT2D eigenvalue weighted by Gasteiger charge is -2.15. The number of hydrogen-bond acceptors (Lipinski definition) is 2.